The fourth-order valence-electron chi connectivity index (χ4n) is 1.70. The van der Waals surface area contributed by atoms with Crippen molar-refractivity contribution in [1.82, 2.24) is 0 Å². The minimum absolute atomic E-state index is 0.00505. The number of hydrogen-bond donors (Lipinski definition) is 4. The van der Waals surface area contributed by atoms with Crippen molar-refractivity contribution in [3.8, 4) is 0 Å². The van der Waals surface area contributed by atoms with E-state index in [-0.39, 0.29) is 24.5 Å². The molecule has 0 amide bonds. The Bertz CT molecular complexity index is 254. The zero-order chi connectivity index (χ0) is 11.6. The van der Waals surface area contributed by atoms with Crippen molar-refractivity contribution >= 4 is 5.96 Å². The molecule has 6 heteroatoms. The van der Waals surface area contributed by atoms with Gasteiger partial charge in [-0.05, 0) is 6.92 Å². The van der Waals surface area contributed by atoms with Crippen molar-refractivity contribution in [3.63, 3.8) is 0 Å². The number of aliphatic hydroxyl groups is 1. The van der Waals surface area contributed by atoms with Crippen LogP contribution in [0.3, 0.4) is 0 Å². The van der Waals surface area contributed by atoms with Crippen LogP contribution >= 0.6 is 0 Å². The highest BCUT2D eigenvalue weighted by Gasteiger charge is 2.43. The predicted molar refractivity (Wildman–Crippen MR) is 58.2 cm³/mol. The Morgan fingerprint density at radius 1 is 1.60 bits per heavy atom. The second kappa shape index (κ2) is 4.34. The Labute approximate surface area is 89.5 Å². The fourth-order valence-corrected chi connectivity index (χ4v) is 1.70. The van der Waals surface area contributed by atoms with E-state index < -0.39 is 11.7 Å². The van der Waals surface area contributed by atoms with Crippen molar-refractivity contribution in [1.29, 1.82) is 0 Å². The molecule has 1 aliphatic heterocycles. The van der Waals surface area contributed by atoms with Crippen LogP contribution in [0.5, 0.6) is 0 Å². The molecule has 15 heavy (non-hydrogen) atoms. The second-order valence-corrected chi connectivity index (χ2v) is 4.33. The van der Waals surface area contributed by atoms with Crippen LogP contribution in [0.1, 0.15) is 13.8 Å². The molecule has 0 aliphatic carbocycles. The minimum Gasteiger partial charge on any atom is -0.390 e. The predicted octanol–water partition coefficient (Wildman–Crippen LogP) is -1.63. The molecular weight excluding hydrogens is 196 g/mol. The normalized spacial score (nSPS) is 41.2. The molecule has 7 N–H and O–H groups in total. The molecular formula is C9H20N4O2. The zero-order valence-corrected chi connectivity index (χ0v) is 9.18. The lowest BCUT2D eigenvalue weighted by Gasteiger charge is -2.43. The summed E-state index contributed by atoms with van der Waals surface area (Å²) in [5, 5.41) is 10.0. The van der Waals surface area contributed by atoms with E-state index in [9.17, 15) is 5.11 Å². The topological polar surface area (TPSA) is 120 Å². The molecule has 0 radical (unpaired) electrons. The van der Waals surface area contributed by atoms with Gasteiger partial charge in [0.2, 0.25) is 0 Å². The molecule has 1 heterocycles. The van der Waals surface area contributed by atoms with Crippen LogP contribution in [0.2, 0.25) is 0 Å². The first-order chi connectivity index (χ1) is 6.87. The van der Waals surface area contributed by atoms with Crippen molar-refractivity contribution in [2.24, 2.45) is 28.1 Å². The van der Waals surface area contributed by atoms with Crippen LogP contribution < -0.4 is 17.2 Å². The number of aliphatic imine (C=N–C) groups is 1. The van der Waals surface area contributed by atoms with Crippen molar-refractivity contribution in [3.05, 3.63) is 0 Å². The summed E-state index contributed by atoms with van der Waals surface area (Å²) < 4.78 is 5.52. The van der Waals surface area contributed by atoms with Crippen LogP contribution in [0.15, 0.2) is 4.99 Å². The van der Waals surface area contributed by atoms with E-state index in [1.54, 1.807) is 6.92 Å². The Hall–Kier alpha value is -0.850. The summed E-state index contributed by atoms with van der Waals surface area (Å²) in [6.07, 6.45) is -0.663. The Morgan fingerprint density at radius 2 is 2.20 bits per heavy atom. The molecule has 88 valence electrons. The minimum atomic E-state index is -0.751. The molecule has 1 saturated heterocycles. The Balaban J connectivity index is 2.71. The smallest absolute Gasteiger partial charge is 0.186 e. The lowest BCUT2D eigenvalue weighted by atomic mass is 9.82. The summed E-state index contributed by atoms with van der Waals surface area (Å²) in [7, 11) is 0. The number of nitrogens with two attached hydrogens (primary N) is 3. The van der Waals surface area contributed by atoms with Crippen LogP contribution in [0.25, 0.3) is 0 Å². The molecule has 6 nitrogen and oxygen atoms in total. The molecule has 0 bridgehead atoms. The van der Waals surface area contributed by atoms with E-state index >= 15 is 0 Å². The SMILES string of the molecule is C[C@@H]1[C@@H](N)COC(C)(CN=C(N)N)[C@H]1O. The van der Waals surface area contributed by atoms with E-state index in [0.717, 1.165) is 0 Å². The van der Waals surface area contributed by atoms with Gasteiger partial charge >= 0.3 is 0 Å². The fraction of sp³-hybridized carbons (Fsp3) is 0.889. The van der Waals surface area contributed by atoms with Gasteiger partial charge in [0.15, 0.2) is 5.96 Å². The number of ether oxygens (including phenoxy) is 1. The van der Waals surface area contributed by atoms with Crippen LogP contribution in [0, 0.1) is 5.92 Å². The number of aliphatic hydroxyl groups excluding tert-OH is 1. The third kappa shape index (κ3) is 2.58. The highest BCUT2D eigenvalue weighted by Crippen LogP contribution is 2.29. The van der Waals surface area contributed by atoms with Gasteiger partial charge in [-0.2, -0.15) is 0 Å². The third-order valence-corrected chi connectivity index (χ3v) is 2.98. The first kappa shape index (κ1) is 12.2. The molecule has 1 unspecified atom stereocenters. The van der Waals surface area contributed by atoms with Gasteiger partial charge in [-0.3, -0.25) is 4.99 Å². The summed E-state index contributed by atoms with van der Waals surface area (Å²) in [5.74, 6) is -0.0347. The molecule has 0 aromatic carbocycles. The number of guanidine groups is 1. The molecule has 0 aromatic heterocycles. The molecule has 4 atom stereocenters. The van der Waals surface area contributed by atoms with Crippen molar-refractivity contribution < 1.29 is 9.84 Å². The molecule has 1 fully saturated rings. The van der Waals surface area contributed by atoms with E-state index in [2.05, 4.69) is 4.99 Å². The van der Waals surface area contributed by atoms with Gasteiger partial charge in [-0.15, -0.1) is 0 Å². The number of nitrogens with zero attached hydrogens (tertiary/aromatic N) is 1. The number of hydrogen-bond acceptors (Lipinski definition) is 4. The van der Waals surface area contributed by atoms with Gasteiger partial charge in [-0.25, -0.2) is 0 Å². The van der Waals surface area contributed by atoms with Crippen molar-refractivity contribution in [2.75, 3.05) is 13.2 Å². The maximum Gasteiger partial charge on any atom is 0.186 e. The van der Waals surface area contributed by atoms with Crippen LogP contribution in [-0.4, -0.2) is 42.0 Å². The van der Waals surface area contributed by atoms with Gasteiger partial charge in [-0.1, -0.05) is 6.92 Å². The first-order valence-electron chi connectivity index (χ1n) is 5.00. The van der Waals surface area contributed by atoms with Crippen molar-refractivity contribution in [2.45, 2.75) is 31.6 Å². The summed E-state index contributed by atoms with van der Waals surface area (Å²) in [4.78, 5) is 3.88. The van der Waals surface area contributed by atoms with Gasteiger partial charge < -0.3 is 27.0 Å². The third-order valence-electron chi connectivity index (χ3n) is 2.98. The summed E-state index contributed by atoms with van der Waals surface area (Å²) >= 11 is 0. The Morgan fingerprint density at radius 3 is 2.73 bits per heavy atom. The monoisotopic (exact) mass is 216 g/mol. The molecule has 0 spiro atoms. The van der Waals surface area contributed by atoms with Gasteiger partial charge in [0.1, 0.15) is 5.60 Å². The highest BCUT2D eigenvalue weighted by molar-refractivity contribution is 5.75. The van der Waals surface area contributed by atoms with Gasteiger partial charge in [0.25, 0.3) is 0 Å². The quantitative estimate of drug-likeness (QED) is 0.326. The molecule has 1 rings (SSSR count). The van der Waals surface area contributed by atoms with Gasteiger partial charge in [0.05, 0.1) is 19.3 Å². The van der Waals surface area contributed by atoms with Crippen LogP contribution in [0.4, 0.5) is 0 Å². The Kier molecular flexibility index (Phi) is 3.54. The van der Waals surface area contributed by atoms with E-state index in [1.807, 2.05) is 6.92 Å². The largest absolute Gasteiger partial charge is 0.390 e. The van der Waals surface area contributed by atoms with Gasteiger partial charge in [0, 0.05) is 12.0 Å². The lowest BCUT2D eigenvalue weighted by Crippen LogP contribution is -2.59. The second-order valence-electron chi connectivity index (χ2n) is 4.33. The summed E-state index contributed by atoms with van der Waals surface area (Å²) in [5.41, 5.74) is 15.5. The maximum absolute atomic E-state index is 10.0. The number of rotatable bonds is 2. The molecule has 0 saturated carbocycles. The van der Waals surface area contributed by atoms with E-state index in [1.165, 1.54) is 0 Å². The van der Waals surface area contributed by atoms with Crippen LogP contribution in [-0.2, 0) is 4.74 Å². The summed E-state index contributed by atoms with van der Waals surface area (Å²) in [6, 6.07) is -0.146. The standard InChI is InChI=1S/C9H20N4O2/c1-5-6(10)3-15-9(2,7(5)14)4-13-8(11)12/h5-7,14H,3-4,10H2,1-2H3,(H4,11,12,13)/t5-,6+,7+,9?/m1/s1. The average Bonchev–Trinajstić information content (AvgIpc) is 2.19. The summed E-state index contributed by atoms with van der Waals surface area (Å²) in [6.45, 7) is 4.33. The molecule has 1 aliphatic rings. The highest BCUT2D eigenvalue weighted by atomic mass is 16.5. The average molecular weight is 216 g/mol. The molecule has 0 aromatic rings. The lowest BCUT2D eigenvalue weighted by molar-refractivity contribution is -0.166. The van der Waals surface area contributed by atoms with E-state index in [0.29, 0.717) is 6.61 Å². The maximum atomic E-state index is 10.0. The first-order valence-corrected chi connectivity index (χ1v) is 5.00. The zero-order valence-electron chi connectivity index (χ0n) is 9.18. The van der Waals surface area contributed by atoms with E-state index in [4.69, 9.17) is 21.9 Å².